The first-order valence-corrected chi connectivity index (χ1v) is 21.2. The van der Waals surface area contributed by atoms with Gasteiger partial charge in [-0.05, 0) is 74.8 Å². The van der Waals surface area contributed by atoms with E-state index in [1.54, 1.807) is 42.9 Å². The van der Waals surface area contributed by atoms with Crippen LogP contribution in [0.2, 0.25) is 23.2 Å². The molecule has 4 heterocycles. The fourth-order valence-corrected chi connectivity index (χ4v) is 7.91. The highest BCUT2D eigenvalue weighted by Gasteiger charge is 2.45. The van der Waals surface area contributed by atoms with Crippen molar-refractivity contribution in [2.24, 2.45) is 5.92 Å². The first-order chi connectivity index (χ1) is 25.1. The number of carboxylic acid groups (broad SMARTS) is 1. The van der Waals surface area contributed by atoms with Crippen LogP contribution >= 0.6 is 11.6 Å². The van der Waals surface area contributed by atoms with Crippen LogP contribution in [0.3, 0.4) is 0 Å². The second-order valence-electron chi connectivity index (χ2n) is 16.0. The molecule has 1 fully saturated rings. The summed E-state index contributed by atoms with van der Waals surface area (Å²) in [5.41, 5.74) is 0.512. The number of aromatic nitrogens is 2. The highest BCUT2D eigenvalue weighted by molar-refractivity contribution is 6.74. The maximum Gasteiger partial charge on any atom is 0.405 e. The number of aliphatic carboxylic acids is 1. The molecule has 1 saturated heterocycles. The number of nitrogens with zero attached hydrogens (tertiary/aromatic N) is 4. The third-order valence-electron chi connectivity index (χ3n) is 10.6. The van der Waals surface area contributed by atoms with Gasteiger partial charge in [-0.25, -0.2) is 4.98 Å². The predicted octanol–water partition coefficient (Wildman–Crippen LogP) is 7.76. The minimum absolute atomic E-state index is 0.0531. The second-order valence-corrected chi connectivity index (χ2v) is 21.2. The SMILES string of the molecule is CC(C)(c1ncc(-c2ccc(Cl)cc2)o1)N1CCN(C[C@H](C[C@@H](Cc2cc3cnccc3o2)C(=O)O)O[Si](C)(C)C(C)(C)C)[C@H](C(=O)NCC(F)(F)F)C1. The Bertz CT molecular complexity index is 1880. The molecular weight excluding hydrogens is 743 g/mol. The lowest BCUT2D eigenvalue weighted by atomic mass is 9.95. The van der Waals surface area contributed by atoms with E-state index in [2.05, 4.69) is 49.1 Å². The van der Waals surface area contributed by atoms with Crippen molar-refractivity contribution in [3.63, 3.8) is 0 Å². The molecule has 11 nitrogen and oxygen atoms in total. The zero-order valence-corrected chi connectivity index (χ0v) is 33.4. The summed E-state index contributed by atoms with van der Waals surface area (Å²) >= 11 is 6.06. The lowest BCUT2D eigenvalue weighted by Crippen LogP contribution is -2.64. The van der Waals surface area contributed by atoms with Crippen molar-refractivity contribution in [3.05, 3.63) is 71.7 Å². The predicted molar refractivity (Wildman–Crippen MR) is 201 cm³/mol. The van der Waals surface area contributed by atoms with Crippen molar-refractivity contribution < 1.29 is 41.1 Å². The number of carbonyl (C=O) groups is 2. The summed E-state index contributed by atoms with van der Waals surface area (Å²) in [5, 5.41) is 13.6. The van der Waals surface area contributed by atoms with Crippen LogP contribution in [0.1, 0.15) is 52.7 Å². The van der Waals surface area contributed by atoms with Gasteiger partial charge in [0, 0.05) is 61.0 Å². The molecule has 1 aliphatic heterocycles. The number of oxazole rings is 1. The number of amides is 1. The van der Waals surface area contributed by atoms with Gasteiger partial charge in [0.05, 0.1) is 23.8 Å². The molecule has 16 heteroatoms. The summed E-state index contributed by atoms with van der Waals surface area (Å²) in [6.45, 7) is 13.5. The molecule has 54 heavy (non-hydrogen) atoms. The summed E-state index contributed by atoms with van der Waals surface area (Å²) in [6, 6.07) is 9.56. The molecule has 2 N–H and O–H groups in total. The van der Waals surface area contributed by atoms with E-state index in [9.17, 15) is 27.9 Å². The highest BCUT2D eigenvalue weighted by Crippen LogP contribution is 2.39. The standard InChI is InChI=1S/C38H49ClF3N5O6Si/c1-36(2,3)54(6,7)53-29(17-25(34(49)50)16-28-18-26-19-43-13-12-31(26)51-28)21-46-14-15-47(22-30(46)33(48)45-23-38(40,41)42)37(4,5)35-44-20-32(52-35)24-8-10-27(39)11-9-24/h8-13,18-20,25,29-30H,14-17,21-23H2,1-7H3,(H,45,48)(H,49,50)/t25-,29+,30+/m1/s1. The molecule has 294 valence electrons. The quantitative estimate of drug-likeness (QED) is 0.122. The Kier molecular flexibility index (Phi) is 12.4. The topological polar surface area (TPSA) is 134 Å². The van der Waals surface area contributed by atoms with Crippen molar-refractivity contribution in [2.75, 3.05) is 32.7 Å². The number of pyridine rings is 1. The number of rotatable bonds is 14. The fourth-order valence-electron chi connectivity index (χ4n) is 6.43. The number of fused-ring (bicyclic) bond motifs is 1. The van der Waals surface area contributed by atoms with Gasteiger partial charge in [-0.3, -0.25) is 24.4 Å². The summed E-state index contributed by atoms with van der Waals surface area (Å²) < 4.78 is 59.1. The fraction of sp³-hybridized carbons (Fsp3) is 0.526. The van der Waals surface area contributed by atoms with E-state index in [-0.39, 0.29) is 37.5 Å². The van der Waals surface area contributed by atoms with E-state index in [4.69, 9.17) is 24.9 Å². The van der Waals surface area contributed by atoms with Gasteiger partial charge in [-0.1, -0.05) is 32.4 Å². The number of furan rings is 1. The van der Waals surface area contributed by atoms with Crippen LogP contribution < -0.4 is 5.32 Å². The Morgan fingerprint density at radius 2 is 1.78 bits per heavy atom. The smallest absolute Gasteiger partial charge is 0.405 e. The van der Waals surface area contributed by atoms with Crippen LogP contribution in [0.5, 0.6) is 0 Å². The van der Waals surface area contributed by atoms with Crippen molar-refractivity contribution in [3.8, 4) is 11.3 Å². The van der Waals surface area contributed by atoms with E-state index >= 15 is 0 Å². The monoisotopic (exact) mass is 791 g/mol. The molecule has 3 atom stereocenters. The van der Waals surface area contributed by atoms with Gasteiger partial charge in [-0.2, -0.15) is 13.2 Å². The third-order valence-corrected chi connectivity index (χ3v) is 15.4. The maximum atomic E-state index is 13.7. The Hall–Kier alpha value is -3.76. The van der Waals surface area contributed by atoms with Crippen LogP contribution in [0.25, 0.3) is 22.3 Å². The average Bonchev–Trinajstić information content (AvgIpc) is 3.74. The molecule has 0 saturated carbocycles. The molecule has 1 amide bonds. The molecular formula is C38H49ClF3N5O6Si. The molecule has 1 aromatic carbocycles. The lowest BCUT2D eigenvalue weighted by molar-refractivity contribution is -0.145. The van der Waals surface area contributed by atoms with Crippen LogP contribution in [0.15, 0.2) is 63.8 Å². The number of hydrogen-bond donors (Lipinski definition) is 2. The Morgan fingerprint density at radius 1 is 1.07 bits per heavy atom. The van der Waals surface area contributed by atoms with Crippen molar-refractivity contribution in [2.45, 2.75) is 89.5 Å². The third kappa shape index (κ3) is 10.1. The van der Waals surface area contributed by atoms with E-state index < -0.39 is 56.5 Å². The summed E-state index contributed by atoms with van der Waals surface area (Å²) in [4.78, 5) is 38.9. The molecule has 0 bridgehead atoms. The number of piperazine rings is 1. The lowest BCUT2D eigenvalue weighted by Gasteiger charge is -2.47. The van der Waals surface area contributed by atoms with Gasteiger partial charge in [0.2, 0.25) is 11.8 Å². The molecule has 0 unspecified atom stereocenters. The zero-order valence-electron chi connectivity index (χ0n) is 31.7. The number of halogens is 4. The van der Waals surface area contributed by atoms with Gasteiger partial charge in [0.1, 0.15) is 23.9 Å². The summed E-state index contributed by atoms with van der Waals surface area (Å²) in [7, 11) is -2.52. The zero-order chi connectivity index (χ0) is 39.6. The van der Waals surface area contributed by atoms with Crippen LogP contribution in [-0.2, 0) is 26.0 Å². The largest absolute Gasteiger partial charge is 0.481 e. The Labute approximate surface area is 319 Å². The summed E-state index contributed by atoms with van der Waals surface area (Å²) in [5.74, 6) is -1.36. The van der Waals surface area contributed by atoms with E-state index in [1.165, 1.54) is 0 Å². The van der Waals surface area contributed by atoms with Crippen molar-refractivity contribution >= 4 is 42.8 Å². The van der Waals surface area contributed by atoms with Gasteiger partial charge in [0.25, 0.3) is 0 Å². The Morgan fingerprint density at radius 3 is 2.41 bits per heavy atom. The number of hydrogen-bond acceptors (Lipinski definition) is 9. The number of carboxylic acids is 1. The molecule has 0 radical (unpaired) electrons. The minimum atomic E-state index is -4.61. The second kappa shape index (κ2) is 16.1. The maximum absolute atomic E-state index is 13.7. The van der Waals surface area contributed by atoms with E-state index in [0.717, 1.165) is 10.9 Å². The number of nitrogens with one attached hydrogen (secondary N) is 1. The van der Waals surface area contributed by atoms with Crippen molar-refractivity contribution in [1.82, 2.24) is 25.1 Å². The number of benzene rings is 1. The van der Waals surface area contributed by atoms with Crippen LogP contribution in [0, 0.1) is 5.92 Å². The molecule has 3 aromatic heterocycles. The average molecular weight is 792 g/mol. The van der Waals surface area contributed by atoms with Crippen LogP contribution in [0.4, 0.5) is 13.2 Å². The molecule has 5 rings (SSSR count). The van der Waals surface area contributed by atoms with E-state index in [1.807, 2.05) is 35.8 Å². The first-order valence-electron chi connectivity index (χ1n) is 17.9. The van der Waals surface area contributed by atoms with Gasteiger partial charge in [-0.15, -0.1) is 0 Å². The minimum Gasteiger partial charge on any atom is -0.481 e. The highest BCUT2D eigenvalue weighted by atomic mass is 35.5. The van der Waals surface area contributed by atoms with Gasteiger partial charge in [0.15, 0.2) is 14.1 Å². The first kappa shape index (κ1) is 41.4. The van der Waals surface area contributed by atoms with Gasteiger partial charge >= 0.3 is 12.1 Å². The molecule has 4 aromatic rings. The van der Waals surface area contributed by atoms with E-state index in [0.29, 0.717) is 34.6 Å². The molecule has 1 aliphatic rings. The van der Waals surface area contributed by atoms with Gasteiger partial charge < -0.3 is 23.7 Å². The molecule has 0 spiro atoms. The van der Waals surface area contributed by atoms with Crippen LogP contribution in [-0.4, -0.2) is 96.1 Å². The molecule has 0 aliphatic carbocycles. The Balaban J connectivity index is 1.41. The van der Waals surface area contributed by atoms with Crippen molar-refractivity contribution in [1.29, 1.82) is 0 Å². The number of alkyl halides is 3. The summed E-state index contributed by atoms with van der Waals surface area (Å²) in [6.07, 6.45) is -0.250. The normalized spacial score (nSPS) is 17.8. The number of carbonyl (C=O) groups excluding carboxylic acids is 1.